The molecule has 0 radical (unpaired) electrons. The van der Waals surface area contributed by atoms with Crippen molar-refractivity contribution in [2.75, 3.05) is 6.54 Å². The van der Waals surface area contributed by atoms with E-state index in [0.717, 1.165) is 6.42 Å². The number of rotatable bonds is 6. The van der Waals surface area contributed by atoms with E-state index >= 15 is 0 Å². The molecule has 2 aromatic rings. The first-order chi connectivity index (χ1) is 10.5. The van der Waals surface area contributed by atoms with Crippen molar-refractivity contribution in [2.45, 2.75) is 20.3 Å². The molecule has 0 bridgehead atoms. The summed E-state index contributed by atoms with van der Waals surface area (Å²) in [4.78, 5) is 11.9. The van der Waals surface area contributed by atoms with Crippen molar-refractivity contribution >= 4 is 5.91 Å². The summed E-state index contributed by atoms with van der Waals surface area (Å²) in [7, 11) is 0. The fourth-order valence-electron chi connectivity index (χ4n) is 1.89. The third-order valence-electron chi connectivity index (χ3n) is 3.17. The Morgan fingerprint density at radius 3 is 2.14 bits per heavy atom. The third kappa shape index (κ3) is 4.88. The smallest absolute Gasteiger partial charge is 0.251 e. The van der Waals surface area contributed by atoms with Crippen LogP contribution in [0.25, 0.3) is 0 Å². The number of hydrogen-bond donors (Lipinski definition) is 1. The summed E-state index contributed by atoms with van der Waals surface area (Å²) in [6, 6.07) is 12.7. The summed E-state index contributed by atoms with van der Waals surface area (Å²) in [5.74, 6) is 1.32. The van der Waals surface area contributed by atoms with Crippen LogP contribution in [0.15, 0.2) is 48.5 Å². The first kappa shape index (κ1) is 16.0. The topological polar surface area (TPSA) is 38.3 Å². The molecule has 0 atom stereocenters. The minimum absolute atomic E-state index is 0.0889. The van der Waals surface area contributed by atoms with E-state index in [0.29, 0.717) is 29.5 Å². The van der Waals surface area contributed by atoms with Gasteiger partial charge in [0.1, 0.15) is 17.3 Å². The predicted octanol–water partition coefficient (Wildman–Crippen LogP) is 4.39. The quantitative estimate of drug-likeness (QED) is 0.859. The van der Waals surface area contributed by atoms with Gasteiger partial charge in [0.15, 0.2) is 0 Å². The molecule has 0 heterocycles. The van der Waals surface area contributed by atoms with Crippen LogP contribution in [-0.4, -0.2) is 12.5 Å². The predicted molar refractivity (Wildman–Crippen MR) is 84.7 cm³/mol. The van der Waals surface area contributed by atoms with Crippen molar-refractivity contribution in [1.29, 1.82) is 0 Å². The largest absolute Gasteiger partial charge is 0.457 e. The van der Waals surface area contributed by atoms with Crippen LogP contribution in [0.4, 0.5) is 4.39 Å². The van der Waals surface area contributed by atoms with E-state index in [1.807, 2.05) is 0 Å². The Bertz CT molecular complexity index is 606. The van der Waals surface area contributed by atoms with E-state index in [9.17, 15) is 9.18 Å². The molecule has 0 fully saturated rings. The van der Waals surface area contributed by atoms with Gasteiger partial charge in [-0.1, -0.05) is 13.8 Å². The first-order valence-electron chi connectivity index (χ1n) is 7.36. The Balaban J connectivity index is 1.92. The normalized spacial score (nSPS) is 10.5. The Hall–Kier alpha value is -2.36. The number of halogens is 1. The van der Waals surface area contributed by atoms with Crippen LogP contribution < -0.4 is 10.1 Å². The highest BCUT2D eigenvalue weighted by molar-refractivity contribution is 5.94. The maximum Gasteiger partial charge on any atom is 0.251 e. The van der Waals surface area contributed by atoms with E-state index < -0.39 is 0 Å². The molecule has 0 saturated heterocycles. The molecule has 3 nitrogen and oxygen atoms in total. The van der Waals surface area contributed by atoms with Gasteiger partial charge in [-0.25, -0.2) is 4.39 Å². The van der Waals surface area contributed by atoms with Crippen LogP contribution in [0, 0.1) is 11.7 Å². The molecule has 2 aromatic carbocycles. The number of nitrogens with one attached hydrogen (secondary N) is 1. The summed E-state index contributed by atoms with van der Waals surface area (Å²) in [5.41, 5.74) is 0.593. The van der Waals surface area contributed by atoms with Gasteiger partial charge in [0.05, 0.1) is 0 Å². The second kappa shape index (κ2) is 7.59. The van der Waals surface area contributed by atoms with Gasteiger partial charge in [-0.05, 0) is 60.9 Å². The zero-order valence-electron chi connectivity index (χ0n) is 12.8. The monoisotopic (exact) mass is 301 g/mol. The maximum absolute atomic E-state index is 12.8. The molecule has 1 amide bonds. The summed E-state index contributed by atoms with van der Waals surface area (Å²) in [6.07, 6.45) is 0.956. The minimum Gasteiger partial charge on any atom is -0.457 e. The highest BCUT2D eigenvalue weighted by Crippen LogP contribution is 2.21. The van der Waals surface area contributed by atoms with Crippen LogP contribution in [0.3, 0.4) is 0 Å². The molecule has 0 saturated carbocycles. The standard InChI is InChI=1S/C18H20FNO2/c1-13(2)11-12-20-18(21)14-3-7-16(8-4-14)22-17-9-5-15(19)6-10-17/h3-10,13H,11-12H2,1-2H3,(H,20,21). The third-order valence-corrected chi connectivity index (χ3v) is 3.17. The van der Waals surface area contributed by atoms with Crippen LogP contribution >= 0.6 is 0 Å². The van der Waals surface area contributed by atoms with E-state index in [4.69, 9.17) is 4.74 Å². The number of hydrogen-bond acceptors (Lipinski definition) is 2. The molecule has 116 valence electrons. The lowest BCUT2D eigenvalue weighted by molar-refractivity contribution is 0.0952. The van der Waals surface area contributed by atoms with Crippen LogP contribution in [0.2, 0.25) is 0 Å². The van der Waals surface area contributed by atoms with E-state index in [-0.39, 0.29) is 11.7 Å². The average Bonchev–Trinajstić information content (AvgIpc) is 2.50. The molecular formula is C18H20FNO2. The summed E-state index contributed by atoms with van der Waals surface area (Å²) in [5, 5.41) is 2.88. The van der Waals surface area contributed by atoms with Crippen molar-refractivity contribution in [2.24, 2.45) is 5.92 Å². The summed E-state index contributed by atoms with van der Waals surface area (Å²) >= 11 is 0. The zero-order chi connectivity index (χ0) is 15.9. The van der Waals surface area contributed by atoms with Gasteiger partial charge in [-0.2, -0.15) is 0 Å². The second-order valence-corrected chi connectivity index (χ2v) is 5.52. The van der Waals surface area contributed by atoms with E-state index in [1.54, 1.807) is 36.4 Å². The van der Waals surface area contributed by atoms with E-state index in [1.165, 1.54) is 12.1 Å². The molecule has 0 aliphatic heterocycles. The molecule has 0 spiro atoms. The fraction of sp³-hybridized carbons (Fsp3) is 0.278. The van der Waals surface area contributed by atoms with Gasteiger partial charge >= 0.3 is 0 Å². The molecule has 2 rings (SSSR count). The van der Waals surface area contributed by atoms with Gasteiger partial charge in [0.25, 0.3) is 5.91 Å². The number of carbonyl (C=O) groups excluding carboxylic acids is 1. The minimum atomic E-state index is -0.305. The lowest BCUT2D eigenvalue weighted by atomic mass is 10.1. The highest BCUT2D eigenvalue weighted by atomic mass is 19.1. The maximum atomic E-state index is 12.8. The van der Waals surface area contributed by atoms with Gasteiger partial charge in [-0.15, -0.1) is 0 Å². The Morgan fingerprint density at radius 1 is 1.05 bits per heavy atom. The molecule has 0 aromatic heterocycles. The fourth-order valence-corrected chi connectivity index (χ4v) is 1.89. The first-order valence-corrected chi connectivity index (χ1v) is 7.36. The number of benzene rings is 2. The Kier molecular flexibility index (Phi) is 5.53. The number of carbonyl (C=O) groups is 1. The van der Waals surface area contributed by atoms with Crippen LogP contribution in [0.5, 0.6) is 11.5 Å². The van der Waals surface area contributed by atoms with Crippen molar-refractivity contribution < 1.29 is 13.9 Å². The van der Waals surface area contributed by atoms with Gasteiger partial charge in [0, 0.05) is 12.1 Å². The SMILES string of the molecule is CC(C)CCNC(=O)c1ccc(Oc2ccc(F)cc2)cc1. The molecular weight excluding hydrogens is 281 g/mol. The Labute approximate surface area is 130 Å². The number of amides is 1. The average molecular weight is 301 g/mol. The zero-order valence-corrected chi connectivity index (χ0v) is 12.8. The highest BCUT2D eigenvalue weighted by Gasteiger charge is 2.06. The molecule has 0 aliphatic rings. The van der Waals surface area contributed by atoms with Gasteiger partial charge in [-0.3, -0.25) is 4.79 Å². The molecule has 22 heavy (non-hydrogen) atoms. The summed E-state index contributed by atoms with van der Waals surface area (Å²) in [6.45, 7) is 4.91. The Morgan fingerprint density at radius 2 is 1.59 bits per heavy atom. The number of ether oxygens (including phenoxy) is 1. The van der Waals surface area contributed by atoms with Gasteiger partial charge < -0.3 is 10.1 Å². The van der Waals surface area contributed by atoms with Crippen LogP contribution in [-0.2, 0) is 0 Å². The van der Waals surface area contributed by atoms with Crippen LogP contribution in [0.1, 0.15) is 30.6 Å². The molecule has 0 unspecified atom stereocenters. The van der Waals surface area contributed by atoms with Gasteiger partial charge in [0.2, 0.25) is 0 Å². The summed E-state index contributed by atoms with van der Waals surface area (Å²) < 4.78 is 18.4. The van der Waals surface area contributed by atoms with Crippen molar-refractivity contribution in [3.8, 4) is 11.5 Å². The van der Waals surface area contributed by atoms with E-state index in [2.05, 4.69) is 19.2 Å². The second-order valence-electron chi connectivity index (χ2n) is 5.52. The van der Waals surface area contributed by atoms with Crippen molar-refractivity contribution in [3.63, 3.8) is 0 Å². The van der Waals surface area contributed by atoms with Crippen molar-refractivity contribution in [3.05, 3.63) is 59.9 Å². The lowest BCUT2D eigenvalue weighted by Crippen LogP contribution is -2.25. The molecule has 1 N–H and O–H groups in total. The lowest BCUT2D eigenvalue weighted by Gasteiger charge is -2.08. The molecule has 4 heteroatoms. The molecule has 0 aliphatic carbocycles. The van der Waals surface area contributed by atoms with Crippen molar-refractivity contribution in [1.82, 2.24) is 5.32 Å².